The van der Waals surface area contributed by atoms with Crippen LogP contribution in [0.4, 0.5) is 27.6 Å². The first kappa shape index (κ1) is 20.0. The van der Waals surface area contributed by atoms with Crippen molar-refractivity contribution in [2.45, 2.75) is 38.5 Å². The number of fused-ring (bicyclic) bond motifs is 1. The van der Waals surface area contributed by atoms with Gasteiger partial charge >= 0.3 is 12.8 Å². The minimum Gasteiger partial charge on any atom is -0.435 e. The number of carbonyl (C=O) groups excluding carboxylic acids is 1. The summed E-state index contributed by atoms with van der Waals surface area (Å²) in [7, 11) is 0. The average molecular weight is 426 g/mol. The second-order valence-corrected chi connectivity index (χ2v) is 6.94. The highest BCUT2D eigenvalue weighted by molar-refractivity contribution is 6.08. The third-order valence-electron chi connectivity index (χ3n) is 4.69. The Balaban J connectivity index is 1.68. The van der Waals surface area contributed by atoms with E-state index in [1.54, 1.807) is 6.92 Å². The van der Waals surface area contributed by atoms with Crippen molar-refractivity contribution in [2.24, 2.45) is 0 Å². The fraction of sp³-hybridized carbons (Fsp3) is 0.316. The molecule has 6 nitrogen and oxygen atoms in total. The standard InChI is InChI=1S/C19H15F5N4O2/c1-9-6-11(30-18(20)21)4-5-13(9)27-17(29)12-8-25-28-15(19(22,23)24)7-14(10-2-3-10)26-16(12)28/h4-8,10,18H,2-3H2,1H3,(H,27,29). The fourth-order valence-electron chi connectivity index (χ4n) is 3.07. The molecule has 0 saturated heterocycles. The number of halogens is 5. The monoisotopic (exact) mass is 426 g/mol. The van der Waals surface area contributed by atoms with E-state index in [0.29, 0.717) is 10.1 Å². The van der Waals surface area contributed by atoms with Crippen molar-refractivity contribution >= 4 is 17.2 Å². The molecule has 0 aliphatic heterocycles. The zero-order valence-electron chi connectivity index (χ0n) is 15.5. The molecule has 0 radical (unpaired) electrons. The van der Waals surface area contributed by atoms with Crippen molar-refractivity contribution < 1.29 is 31.5 Å². The number of aryl methyl sites for hydroxylation is 1. The second kappa shape index (κ2) is 7.22. The van der Waals surface area contributed by atoms with Crippen LogP contribution in [0.3, 0.4) is 0 Å². The van der Waals surface area contributed by atoms with Crippen LogP contribution < -0.4 is 10.1 Å². The summed E-state index contributed by atoms with van der Waals surface area (Å²) in [6.07, 6.45) is -2.17. The summed E-state index contributed by atoms with van der Waals surface area (Å²) in [5, 5.41) is 6.26. The molecular formula is C19H15F5N4O2. The lowest BCUT2D eigenvalue weighted by molar-refractivity contribution is -0.142. The van der Waals surface area contributed by atoms with Crippen LogP contribution >= 0.6 is 0 Å². The summed E-state index contributed by atoms with van der Waals surface area (Å²) in [6, 6.07) is 4.88. The van der Waals surface area contributed by atoms with E-state index in [1.165, 1.54) is 18.2 Å². The van der Waals surface area contributed by atoms with Crippen molar-refractivity contribution in [3.05, 3.63) is 53.0 Å². The molecule has 158 valence electrons. The first-order valence-corrected chi connectivity index (χ1v) is 8.96. The number of ether oxygens (including phenoxy) is 1. The SMILES string of the molecule is Cc1cc(OC(F)F)ccc1NC(=O)c1cnn2c(C(F)(F)F)cc(C3CC3)nc12. The van der Waals surface area contributed by atoms with Crippen LogP contribution in [-0.4, -0.2) is 27.1 Å². The Bertz CT molecular complexity index is 1120. The molecule has 2 aromatic heterocycles. The van der Waals surface area contributed by atoms with Gasteiger partial charge < -0.3 is 10.1 Å². The highest BCUT2D eigenvalue weighted by Gasteiger charge is 2.38. The predicted octanol–water partition coefficient (Wildman–Crippen LogP) is 4.79. The smallest absolute Gasteiger partial charge is 0.433 e. The molecule has 2 heterocycles. The number of rotatable bonds is 5. The van der Waals surface area contributed by atoms with Gasteiger partial charge in [-0.05, 0) is 49.6 Å². The van der Waals surface area contributed by atoms with Gasteiger partial charge in [0, 0.05) is 17.3 Å². The van der Waals surface area contributed by atoms with Gasteiger partial charge in [-0.25, -0.2) is 9.50 Å². The Morgan fingerprint density at radius 2 is 2.00 bits per heavy atom. The van der Waals surface area contributed by atoms with Crippen LogP contribution in [0.2, 0.25) is 0 Å². The molecular weight excluding hydrogens is 411 g/mol. The van der Waals surface area contributed by atoms with E-state index in [1.807, 2.05) is 0 Å². The van der Waals surface area contributed by atoms with Gasteiger partial charge in [0.05, 0.1) is 6.20 Å². The Labute approximate surface area is 166 Å². The molecule has 1 saturated carbocycles. The maximum absolute atomic E-state index is 13.5. The van der Waals surface area contributed by atoms with E-state index < -0.39 is 24.4 Å². The number of nitrogens with one attached hydrogen (secondary N) is 1. The highest BCUT2D eigenvalue weighted by Crippen LogP contribution is 2.41. The zero-order chi connectivity index (χ0) is 21.6. The third-order valence-corrected chi connectivity index (χ3v) is 4.69. The van der Waals surface area contributed by atoms with Gasteiger partial charge in [-0.2, -0.15) is 27.1 Å². The zero-order valence-corrected chi connectivity index (χ0v) is 15.5. The van der Waals surface area contributed by atoms with Crippen LogP contribution in [0.1, 0.15) is 46.1 Å². The number of hydrogen-bond donors (Lipinski definition) is 1. The first-order chi connectivity index (χ1) is 14.1. The number of carbonyl (C=O) groups is 1. The van der Waals surface area contributed by atoms with Gasteiger partial charge in [0.1, 0.15) is 17.0 Å². The summed E-state index contributed by atoms with van der Waals surface area (Å²) in [5.74, 6) is -0.863. The molecule has 1 aliphatic carbocycles. The van der Waals surface area contributed by atoms with E-state index in [2.05, 4.69) is 20.1 Å². The maximum atomic E-state index is 13.5. The van der Waals surface area contributed by atoms with Gasteiger partial charge in [-0.3, -0.25) is 4.79 Å². The Hall–Kier alpha value is -3.24. The lowest BCUT2D eigenvalue weighted by Gasteiger charge is -2.12. The molecule has 1 aromatic carbocycles. The maximum Gasteiger partial charge on any atom is 0.433 e. The van der Waals surface area contributed by atoms with Crippen LogP contribution in [0.5, 0.6) is 5.75 Å². The van der Waals surface area contributed by atoms with Crippen molar-refractivity contribution in [1.29, 1.82) is 0 Å². The van der Waals surface area contributed by atoms with Crippen molar-refractivity contribution in [2.75, 3.05) is 5.32 Å². The van der Waals surface area contributed by atoms with Gasteiger partial charge in [-0.15, -0.1) is 0 Å². The fourth-order valence-corrected chi connectivity index (χ4v) is 3.07. The molecule has 1 N–H and O–H groups in total. The van der Waals surface area contributed by atoms with E-state index in [9.17, 15) is 26.7 Å². The van der Waals surface area contributed by atoms with Crippen molar-refractivity contribution in [3.63, 3.8) is 0 Å². The van der Waals surface area contributed by atoms with Crippen LogP contribution in [0, 0.1) is 6.92 Å². The molecule has 0 spiro atoms. The quantitative estimate of drug-likeness (QED) is 0.596. The Kier molecular flexibility index (Phi) is 4.83. The molecule has 4 rings (SSSR count). The van der Waals surface area contributed by atoms with Gasteiger partial charge in [0.2, 0.25) is 0 Å². The number of amides is 1. The molecule has 3 aromatic rings. The molecule has 11 heteroatoms. The van der Waals surface area contributed by atoms with E-state index in [-0.39, 0.29) is 34.3 Å². The molecule has 30 heavy (non-hydrogen) atoms. The van der Waals surface area contributed by atoms with Crippen LogP contribution in [0.15, 0.2) is 30.5 Å². The number of alkyl halides is 5. The van der Waals surface area contributed by atoms with Crippen LogP contribution in [-0.2, 0) is 6.18 Å². The normalized spacial score (nSPS) is 14.4. The molecule has 1 fully saturated rings. The summed E-state index contributed by atoms with van der Waals surface area (Å²) in [6.45, 7) is -1.42. The predicted molar refractivity (Wildman–Crippen MR) is 95.7 cm³/mol. The van der Waals surface area contributed by atoms with E-state index in [0.717, 1.165) is 25.1 Å². The van der Waals surface area contributed by atoms with E-state index in [4.69, 9.17) is 0 Å². The molecule has 0 unspecified atom stereocenters. The minimum absolute atomic E-state index is 0.0634. The minimum atomic E-state index is -4.66. The molecule has 1 amide bonds. The molecule has 0 atom stereocenters. The Morgan fingerprint density at radius 1 is 1.27 bits per heavy atom. The van der Waals surface area contributed by atoms with E-state index >= 15 is 0 Å². The first-order valence-electron chi connectivity index (χ1n) is 8.96. The van der Waals surface area contributed by atoms with Crippen LogP contribution in [0.25, 0.3) is 5.65 Å². The third kappa shape index (κ3) is 3.91. The number of hydrogen-bond acceptors (Lipinski definition) is 4. The second-order valence-electron chi connectivity index (χ2n) is 6.94. The van der Waals surface area contributed by atoms with Gasteiger partial charge in [0.25, 0.3) is 5.91 Å². The summed E-state index contributed by atoms with van der Waals surface area (Å²) >= 11 is 0. The summed E-state index contributed by atoms with van der Waals surface area (Å²) in [5.41, 5.74) is -0.335. The van der Waals surface area contributed by atoms with Crippen molar-refractivity contribution in [3.8, 4) is 5.75 Å². The number of nitrogens with zero attached hydrogens (tertiary/aromatic N) is 3. The molecule has 0 bridgehead atoms. The number of benzene rings is 1. The molecule has 1 aliphatic rings. The van der Waals surface area contributed by atoms with Gasteiger partial charge in [-0.1, -0.05) is 0 Å². The Morgan fingerprint density at radius 3 is 2.60 bits per heavy atom. The summed E-state index contributed by atoms with van der Waals surface area (Å²) in [4.78, 5) is 17.0. The number of aromatic nitrogens is 3. The van der Waals surface area contributed by atoms with Gasteiger partial charge in [0.15, 0.2) is 5.65 Å². The average Bonchev–Trinajstić information content (AvgIpc) is 3.41. The highest BCUT2D eigenvalue weighted by atomic mass is 19.4. The largest absolute Gasteiger partial charge is 0.435 e. The number of anilines is 1. The summed E-state index contributed by atoms with van der Waals surface area (Å²) < 4.78 is 69.9. The lowest BCUT2D eigenvalue weighted by atomic mass is 10.1. The van der Waals surface area contributed by atoms with Crippen molar-refractivity contribution in [1.82, 2.24) is 14.6 Å². The topological polar surface area (TPSA) is 68.5 Å². The lowest BCUT2D eigenvalue weighted by Crippen LogP contribution is -2.16.